The lowest BCUT2D eigenvalue weighted by Gasteiger charge is -2.09. The third kappa shape index (κ3) is 2.40. The van der Waals surface area contributed by atoms with Gasteiger partial charge in [0.2, 0.25) is 0 Å². The number of aryl methyl sites for hydroxylation is 2. The number of hydrazine groups is 1. The second-order valence-electron chi connectivity index (χ2n) is 5.26. The van der Waals surface area contributed by atoms with Crippen molar-refractivity contribution in [2.45, 2.75) is 19.9 Å². The van der Waals surface area contributed by atoms with Crippen molar-refractivity contribution in [2.75, 3.05) is 0 Å². The Bertz CT molecular complexity index is 659. The lowest BCUT2D eigenvalue weighted by atomic mass is 10.0. The molecule has 3 nitrogen and oxygen atoms in total. The predicted molar refractivity (Wildman–Crippen MR) is 81.0 cm³/mol. The van der Waals surface area contributed by atoms with Crippen molar-refractivity contribution in [1.82, 2.24) is 10.9 Å². The van der Waals surface area contributed by atoms with Gasteiger partial charge in [0.25, 0.3) is 0 Å². The van der Waals surface area contributed by atoms with E-state index in [4.69, 9.17) is 0 Å². The van der Waals surface area contributed by atoms with Gasteiger partial charge in [-0.2, -0.15) is 0 Å². The maximum Gasteiger partial charge on any atom is 0.124 e. The minimum atomic E-state index is 0.116. The number of aromatic hydroxyl groups is 1. The van der Waals surface area contributed by atoms with E-state index in [2.05, 4.69) is 48.1 Å². The van der Waals surface area contributed by atoms with Crippen LogP contribution >= 0.6 is 0 Å². The maximum absolute atomic E-state index is 9.98. The fourth-order valence-electron chi connectivity index (χ4n) is 2.38. The Morgan fingerprint density at radius 3 is 2.40 bits per heavy atom. The fraction of sp³-hybridized carbons (Fsp3) is 0.176. The molecule has 0 radical (unpaired) electrons. The second kappa shape index (κ2) is 5.02. The molecule has 1 atom stereocenters. The van der Waals surface area contributed by atoms with Crippen molar-refractivity contribution in [3.63, 3.8) is 0 Å². The quantitative estimate of drug-likeness (QED) is 0.782. The van der Waals surface area contributed by atoms with E-state index in [0.717, 1.165) is 16.8 Å². The SMILES string of the molecule is Cc1ccc([C@H]2C=C(c3cc(C)ccc3O)NN2)cc1. The summed E-state index contributed by atoms with van der Waals surface area (Å²) >= 11 is 0. The maximum atomic E-state index is 9.98. The lowest BCUT2D eigenvalue weighted by molar-refractivity contribution is 0.472. The number of rotatable bonds is 2. The monoisotopic (exact) mass is 266 g/mol. The molecule has 3 N–H and O–H groups in total. The molecule has 0 unspecified atom stereocenters. The number of hydrogen-bond donors (Lipinski definition) is 3. The van der Waals surface area contributed by atoms with E-state index >= 15 is 0 Å². The normalized spacial score (nSPS) is 17.7. The van der Waals surface area contributed by atoms with E-state index < -0.39 is 0 Å². The van der Waals surface area contributed by atoms with E-state index in [9.17, 15) is 5.11 Å². The molecule has 2 aromatic carbocycles. The highest BCUT2D eigenvalue weighted by Crippen LogP contribution is 2.29. The van der Waals surface area contributed by atoms with Crippen molar-refractivity contribution in [3.8, 4) is 5.75 Å². The molecular formula is C17H18N2O. The average Bonchev–Trinajstić information content (AvgIpc) is 2.92. The van der Waals surface area contributed by atoms with Crippen LogP contribution in [0.5, 0.6) is 5.75 Å². The van der Waals surface area contributed by atoms with Crippen LogP contribution in [0.1, 0.15) is 28.3 Å². The summed E-state index contributed by atoms with van der Waals surface area (Å²) in [5, 5.41) is 9.98. The molecule has 1 heterocycles. The first-order valence-corrected chi connectivity index (χ1v) is 6.73. The smallest absolute Gasteiger partial charge is 0.124 e. The summed E-state index contributed by atoms with van der Waals surface area (Å²) in [7, 11) is 0. The molecule has 0 aliphatic carbocycles. The Kier molecular flexibility index (Phi) is 3.20. The van der Waals surface area contributed by atoms with Crippen LogP contribution in [0.15, 0.2) is 48.5 Å². The Morgan fingerprint density at radius 1 is 0.950 bits per heavy atom. The summed E-state index contributed by atoms with van der Waals surface area (Å²) in [5.41, 5.74) is 11.7. The third-order valence-electron chi connectivity index (χ3n) is 3.57. The zero-order chi connectivity index (χ0) is 14.1. The highest BCUT2D eigenvalue weighted by atomic mass is 16.3. The van der Waals surface area contributed by atoms with Crippen molar-refractivity contribution < 1.29 is 5.11 Å². The molecule has 102 valence electrons. The van der Waals surface area contributed by atoms with E-state index in [1.165, 1.54) is 11.1 Å². The summed E-state index contributed by atoms with van der Waals surface area (Å²) < 4.78 is 0. The van der Waals surface area contributed by atoms with E-state index in [1.54, 1.807) is 6.07 Å². The first-order valence-electron chi connectivity index (χ1n) is 6.73. The fourth-order valence-corrected chi connectivity index (χ4v) is 2.38. The molecule has 0 fully saturated rings. The number of nitrogens with one attached hydrogen (secondary N) is 2. The van der Waals surface area contributed by atoms with Gasteiger partial charge >= 0.3 is 0 Å². The van der Waals surface area contributed by atoms with Crippen LogP contribution in [-0.2, 0) is 0 Å². The molecule has 3 rings (SSSR count). The van der Waals surface area contributed by atoms with Crippen LogP contribution in [-0.4, -0.2) is 5.11 Å². The van der Waals surface area contributed by atoms with E-state index in [0.29, 0.717) is 5.75 Å². The zero-order valence-corrected chi connectivity index (χ0v) is 11.6. The molecule has 20 heavy (non-hydrogen) atoms. The highest BCUT2D eigenvalue weighted by Gasteiger charge is 2.19. The van der Waals surface area contributed by atoms with Crippen LogP contribution in [0.2, 0.25) is 0 Å². The summed E-state index contributed by atoms with van der Waals surface area (Å²) in [6.45, 7) is 4.10. The van der Waals surface area contributed by atoms with Crippen molar-refractivity contribution in [1.29, 1.82) is 0 Å². The third-order valence-corrected chi connectivity index (χ3v) is 3.57. The summed E-state index contributed by atoms with van der Waals surface area (Å²) in [6, 6.07) is 14.2. The Labute approximate surface area is 118 Å². The van der Waals surface area contributed by atoms with Gasteiger partial charge < -0.3 is 10.5 Å². The molecule has 0 aromatic heterocycles. The zero-order valence-electron chi connectivity index (χ0n) is 11.6. The summed E-state index contributed by atoms with van der Waals surface area (Å²) in [4.78, 5) is 0. The summed E-state index contributed by atoms with van der Waals surface area (Å²) in [6.07, 6.45) is 2.10. The second-order valence-corrected chi connectivity index (χ2v) is 5.26. The lowest BCUT2D eigenvalue weighted by Crippen LogP contribution is -2.26. The number of benzene rings is 2. The minimum Gasteiger partial charge on any atom is -0.507 e. The average molecular weight is 266 g/mol. The van der Waals surface area contributed by atoms with Crippen molar-refractivity contribution >= 4 is 5.70 Å². The minimum absolute atomic E-state index is 0.116. The van der Waals surface area contributed by atoms with Gasteiger partial charge in [-0.3, -0.25) is 0 Å². The standard InChI is InChI=1S/C17H18N2O/c1-11-3-6-13(7-4-11)15-10-16(19-18-15)14-9-12(2)5-8-17(14)20/h3-10,15,18-20H,1-2H3/t15-/m1/s1. The summed E-state index contributed by atoms with van der Waals surface area (Å²) in [5.74, 6) is 0.292. The molecule has 0 amide bonds. The number of phenolic OH excluding ortho intramolecular Hbond substituents is 1. The van der Waals surface area contributed by atoms with Crippen LogP contribution < -0.4 is 10.9 Å². The van der Waals surface area contributed by atoms with Crippen molar-refractivity contribution in [3.05, 3.63) is 70.8 Å². The van der Waals surface area contributed by atoms with Gasteiger partial charge in [-0.1, -0.05) is 41.5 Å². The molecule has 0 saturated heterocycles. The van der Waals surface area contributed by atoms with Crippen LogP contribution in [0.25, 0.3) is 5.70 Å². The van der Waals surface area contributed by atoms with Crippen LogP contribution in [0.3, 0.4) is 0 Å². The first kappa shape index (κ1) is 12.8. The molecule has 1 aliphatic heterocycles. The topological polar surface area (TPSA) is 44.3 Å². The van der Waals surface area contributed by atoms with E-state index in [1.807, 2.05) is 19.1 Å². The Hall–Kier alpha value is -2.26. The van der Waals surface area contributed by atoms with Gasteiger partial charge in [0.15, 0.2) is 0 Å². The molecule has 0 saturated carbocycles. The van der Waals surface area contributed by atoms with Gasteiger partial charge in [-0.15, -0.1) is 0 Å². The van der Waals surface area contributed by atoms with Crippen LogP contribution in [0, 0.1) is 13.8 Å². The predicted octanol–water partition coefficient (Wildman–Crippen LogP) is 3.20. The molecule has 1 aliphatic rings. The van der Waals surface area contributed by atoms with Gasteiger partial charge in [-0.05, 0) is 37.6 Å². The van der Waals surface area contributed by atoms with Gasteiger partial charge in [0.1, 0.15) is 5.75 Å². The van der Waals surface area contributed by atoms with Crippen LogP contribution in [0.4, 0.5) is 0 Å². The molecule has 2 aromatic rings. The molecule has 0 bridgehead atoms. The molecular weight excluding hydrogens is 248 g/mol. The Morgan fingerprint density at radius 2 is 1.65 bits per heavy atom. The molecule has 0 spiro atoms. The number of phenols is 1. The largest absolute Gasteiger partial charge is 0.507 e. The first-order chi connectivity index (χ1) is 9.63. The highest BCUT2D eigenvalue weighted by molar-refractivity contribution is 5.71. The molecule has 3 heteroatoms. The Balaban J connectivity index is 1.91. The van der Waals surface area contributed by atoms with E-state index in [-0.39, 0.29) is 6.04 Å². The van der Waals surface area contributed by atoms with Crippen molar-refractivity contribution in [2.24, 2.45) is 0 Å². The van der Waals surface area contributed by atoms with Gasteiger partial charge in [0.05, 0.1) is 11.7 Å². The number of hydrogen-bond acceptors (Lipinski definition) is 3. The van der Waals surface area contributed by atoms with Gasteiger partial charge in [0, 0.05) is 5.56 Å². The van der Waals surface area contributed by atoms with Gasteiger partial charge in [-0.25, -0.2) is 5.43 Å².